The molecule has 24 heavy (non-hydrogen) atoms. The summed E-state index contributed by atoms with van der Waals surface area (Å²) in [5, 5.41) is 12.7. The third kappa shape index (κ3) is 3.39. The van der Waals surface area contributed by atoms with Gasteiger partial charge in [-0.25, -0.2) is 0 Å². The zero-order valence-electron chi connectivity index (χ0n) is 15.2. The van der Waals surface area contributed by atoms with Crippen molar-refractivity contribution in [2.24, 2.45) is 14.1 Å². The van der Waals surface area contributed by atoms with Crippen molar-refractivity contribution in [3.8, 4) is 0 Å². The first-order chi connectivity index (χ1) is 11.6. The number of aromatic nitrogens is 4. The van der Waals surface area contributed by atoms with Crippen LogP contribution < -0.4 is 5.32 Å². The van der Waals surface area contributed by atoms with E-state index in [0.29, 0.717) is 6.04 Å². The van der Waals surface area contributed by atoms with E-state index in [9.17, 15) is 0 Å². The highest BCUT2D eigenvalue weighted by atomic mass is 16.5. The monoisotopic (exact) mass is 331 g/mol. The molecule has 132 valence electrons. The Morgan fingerprint density at radius 2 is 2.12 bits per heavy atom. The van der Waals surface area contributed by atoms with Crippen LogP contribution in [0.25, 0.3) is 0 Å². The normalized spacial score (nSPS) is 21.3. The Labute approximate surface area is 144 Å². The first-order valence-electron chi connectivity index (χ1n) is 9.01. The number of rotatable bonds is 6. The summed E-state index contributed by atoms with van der Waals surface area (Å²) < 4.78 is 9.94. The van der Waals surface area contributed by atoms with Crippen molar-refractivity contribution in [3.63, 3.8) is 0 Å². The van der Waals surface area contributed by atoms with Gasteiger partial charge in [0.2, 0.25) is 0 Å². The molecule has 0 amide bonds. The van der Waals surface area contributed by atoms with Crippen molar-refractivity contribution in [2.45, 2.75) is 58.2 Å². The second kappa shape index (κ2) is 7.49. The average molecular weight is 331 g/mol. The molecule has 0 spiro atoms. The van der Waals surface area contributed by atoms with E-state index in [1.807, 2.05) is 29.7 Å². The number of hydrogen-bond acceptors (Lipinski definition) is 4. The van der Waals surface area contributed by atoms with Crippen LogP contribution in [0.1, 0.15) is 55.3 Å². The van der Waals surface area contributed by atoms with E-state index in [1.165, 1.54) is 17.0 Å². The third-order valence-electron chi connectivity index (χ3n) is 4.94. The molecule has 6 heteroatoms. The summed E-state index contributed by atoms with van der Waals surface area (Å²) in [4.78, 5) is 0. The lowest BCUT2D eigenvalue weighted by molar-refractivity contribution is -0.0112. The van der Waals surface area contributed by atoms with Crippen LogP contribution in [0.3, 0.4) is 0 Å². The Balaban J connectivity index is 1.75. The molecule has 1 fully saturated rings. The van der Waals surface area contributed by atoms with Gasteiger partial charge >= 0.3 is 0 Å². The Kier molecular flexibility index (Phi) is 5.36. The van der Waals surface area contributed by atoms with E-state index in [1.54, 1.807) is 0 Å². The quantitative estimate of drug-likeness (QED) is 0.882. The zero-order chi connectivity index (χ0) is 17.1. The molecule has 1 aliphatic heterocycles. The van der Waals surface area contributed by atoms with Crippen LogP contribution in [0.4, 0.5) is 0 Å². The van der Waals surface area contributed by atoms with Gasteiger partial charge in [-0.2, -0.15) is 10.2 Å². The highest BCUT2D eigenvalue weighted by Gasteiger charge is 2.28. The van der Waals surface area contributed by atoms with Gasteiger partial charge in [0, 0.05) is 56.3 Å². The topological polar surface area (TPSA) is 56.9 Å². The van der Waals surface area contributed by atoms with E-state index in [0.717, 1.165) is 44.4 Å². The minimum absolute atomic E-state index is 0.0827. The molecule has 0 unspecified atom stereocenters. The average Bonchev–Trinajstić information content (AvgIpc) is 3.15. The van der Waals surface area contributed by atoms with Crippen molar-refractivity contribution in [3.05, 3.63) is 34.9 Å². The van der Waals surface area contributed by atoms with Crippen LogP contribution >= 0.6 is 0 Å². The summed E-state index contributed by atoms with van der Waals surface area (Å²) in [7, 11) is 4.00. The molecule has 0 radical (unpaired) electrons. The van der Waals surface area contributed by atoms with E-state index < -0.39 is 0 Å². The van der Waals surface area contributed by atoms with Crippen LogP contribution in [0.2, 0.25) is 0 Å². The molecule has 1 N–H and O–H groups in total. The fourth-order valence-corrected chi connectivity index (χ4v) is 3.73. The molecule has 0 aliphatic carbocycles. The number of ether oxygens (including phenoxy) is 1. The first-order valence-corrected chi connectivity index (χ1v) is 9.01. The Hall–Kier alpha value is -1.66. The Bertz CT molecular complexity index is 675. The fraction of sp³-hybridized carbons (Fsp3) is 0.667. The van der Waals surface area contributed by atoms with Gasteiger partial charge in [0.15, 0.2) is 0 Å². The predicted octanol–water partition coefficient (Wildman–Crippen LogP) is 2.29. The summed E-state index contributed by atoms with van der Waals surface area (Å²) in [6.07, 6.45) is 8.27. The van der Waals surface area contributed by atoms with Crippen molar-refractivity contribution in [2.75, 3.05) is 6.61 Å². The lowest BCUT2D eigenvalue weighted by atomic mass is 9.97. The smallest absolute Gasteiger partial charge is 0.101 e. The van der Waals surface area contributed by atoms with Crippen LogP contribution in [0.15, 0.2) is 12.4 Å². The maximum atomic E-state index is 6.06. The minimum atomic E-state index is 0.0827. The predicted molar refractivity (Wildman–Crippen MR) is 93.7 cm³/mol. The van der Waals surface area contributed by atoms with Gasteiger partial charge < -0.3 is 10.1 Å². The maximum absolute atomic E-state index is 6.06. The van der Waals surface area contributed by atoms with Crippen molar-refractivity contribution in [1.29, 1.82) is 0 Å². The van der Waals surface area contributed by atoms with Crippen LogP contribution in [0.5, 0.6) is 0 Å². The lowest BCUT2D eigenvalue weighted by Crippen LogP contribution is -2.39. The standard InChI is InChI=1S/C18H29N5O/c1-5-15-14(17(6-2)23(4)21-15)11-19-16-8-7-9-24-18(16)13-10-20-22(3)12-13/h10,12,16,18-19H,5-9,11H2,1-4H3/t16-,18+/m0/s1. The van der Waals surface area contributed by atoms with Gasteiger partial charge in [0.25, 0.3) is 0 Å². The molecule has 1 aliphatic rings. The summed E-state index contributed by atoms with van der Waals surface area (Å²) in [5.41, 5.74) is 5.05. The molecule has 0 bridgehead atoms. The molecule has 0 aromatic carbocycles. The van der Waals surface area contributed by atoms with Gasteiger partial charge in [-0.15, -0.1) is 0 Å². The van der Waals surface area contributed by atoms with Crippen molar-refractivity contribution >= 4 is 0 Å². The molecule has 2 aromatic rings. The zero-order valence-corrected chi connectivity index (χ0v) is 15.2. The van der Waals surface area contributed by atoms with Crippen molar-refractivity contribution in [1.82, 2.24) is 24.9 Å². The van der Waals surface area contributed by atoms with Crippen LogP contribution in [-0.2, 0) is 38.2 Å². The van der Waals surface area contributed by atoms with Gasteiger partial charge in [0.05, 0.1) is 11.9 Å². The highest BCUT2D eigenvalue weighted by molar-refractivity contribution is 5.27. The fourth-order valence-electron chi connectivity index (χ4n) is 3.73. The molecule has 2 atom stereocenters. The van der Waals surface area contributed by atoms with E-state index in [2.05, 4.69) is 35.6 Å². The second-order valence-corrected chi connectivity index (χ2v) is 6.57. The summed E-state index contributed by atoms with van der Waals surface area (Å²) in [6.45, 7) is 6.05. The number of aryl methyl sites for hydroxylation is 3. The largest absolute Gasteiger partial charge is 0.372 e. The Morgan fingerprint density at radius 3 is 2.79 bits per heavy atom. The number of hydrogen-bond donors (Lipinski definition) is 1. The van der Waals surface area contributed by atoms with Gasteiger partial charge in [-0.3, -0.25) is 9.36 Å². The minimum Gasteiger partial charge on any atom is -0.372 e. The second-order valence-electron chi connectivity index (χ2n) is 6.57. The van der Waals surface area contributed by atoms with E-state index in [4.69, 9.17) is 4.74 Å². The summed E-state index contributed by atoms with van der Waals surface area (Å²) in [6, 6.07) is 0.317. The third-order valence-corrected chi connectivity index (χ3v) is 4.94. The van der Waals surface area contributed by atoms with Gasteiger partial charge in [0.1, 0.15) is 6.10 Å². The van der Waals surface area contributed by atoms with Crippen LogP contribution in [-0.4, -0.2) is 32.2 Å². The lowest BCUT2D eigenvalue weighted by Gasteiger charge is -2.32. The SMILES string of the molecule is CCc1nn(C)c(CC)c1CN[C@H]1CCCO[C@@H]1c1cnn(C)c1. The number of nitrogens with zero attached hydrogens (tertiary/aromatic N) is 4. The van der Waals surface area contributed by atoms with Gasteiger partial charge in [-0.05, 0) is 25.7 Å². The highest BCUT2D eigenvalue weighted by Crippen LogP contribution is 2.28. The molecule has 6 nitrogen and oxygen atoms in total. The molecule has 2 aromatic heterocycles. The van der Waals surface area contributed by atoms with Crippen molar-refractivity contribution < 1.29 is 4.74 Å². The molecule has 0 saturated carbocycles. The van der Waals surface area contributed by atoms with E-state index in [-0.39, 0.29) is 6.10 Å². The van der Waals surface area contributed by atoms with Crippen LogP contribution in [0, 0.1) is 0 Å². The molecular formula is C18H29N5O. The first kappa shape index (κ1) is 17.2. The van der Waals surface area contributed by atoms with Gasteiger partial charge in [-0.1, -0.05) is 13.8 Å². The van der Waals surface area contributed by atoms with E-state index >= 15 is 0 Å². The summed E-state index contributed by atoms with van der Waals surface area (Å²) in [5.74, 6) is 0. The molecule has 3 rings (SSSR count). The number of nitrogens with one attached hydrogen (secondary N) is 1. The maximum Gasteiger partial charge on any atom is 0.101 e. The molecule has 3 heterocycles. The summed E-state index contributed by atoms with van der Waals surface area (Å²) >= 11 is 0. The Morgan fingerprint density at radius 1 is 1.29 bits per heavy atom. The molecule has 1 saturated heterocycles. The molecular weight excluding hydrogens is 302 g/mol.